The Hall–Kier alpha value is -1.60. The van der Waals surface area contributed by atoms with Gasteiger partial charge in [-0.2, -0.15) is 0 Å². The third-order valence-corrected chi connectivity index (χ3v) is 5.45. The molecular weight excluding hydrogens is 292 g/mol. The summed E-state index contributed by atoms with van der Waals surface area (Å²) in [6.45, 7) is 0.684. The second-order valence-electron chi connectivity index (χ2n) is 5.58. The van der Waals surface area contributed by atoms with Crippen LogP contribution in [0.15, 0.2) is 29.2 Å². The number of carboxylic acids is 1. The van der Waals surface area contributed by atoms with Gasteiger partial charge in [0, 0.05) is 18.3 Å². The van der Waals surface area contributed by atoms with Crippen molar-refractivity contribution in [2.24, 2.45) is 0 Å². The Morgan fingerprint density at radius 2 is 1.86 bits per heavy atom. The first-order valence-corrected chi connectivity index (χ1v) is 8.57. The average Bonchev–Trinajstić information content (AvgIpc) is 3.09. The first kappa shape index (κ1) is 14.3. The van der Waals surface area contributed by atoms with Gasteiger partial charge in [0.05, 0.1) is 4.90 Å². The van der Waals surface area contributed by atoms with E-state index >= 15 is 0 Å². The Labute approximate surface area is 123 Å². The Balaban J connectivity index is 1.79. The number of rotatable bonds is 5. The number of nitrogens with zero attached hydrogens (tertiary/aromatic N) is 1. The van der Waals surface area contributed by atoms with Crippen molar-refractivity contribution < 1.29 is 18.3 Å². The van der Waals surface area contributed by atoms with Gasteiger partial charge >= 0.3 is 5.97 Å². The fourth-order valence-electron chi connectivity index (χ4n) is 2.64. The fourth-order valence-corrected chi connectivity index (χ4v) is 3.94. The number of nitrogens with one attached hydrogen (secondary N) is 1. The monoisotopic (exact) mass is 310 g/mol. The Kier molecular flexibility index (Phi) is 3.62. The number of hydrogen-bond acceptors (Lipinski definition) is 4. The number of carboxylic acid groups (broad SMARTS) is 1. The van der Waals surface area contributed by atoms with E-state index in [4.69, 9.17) is 0 Å². The largest absolute Gasteiger partial charge is 0.480 e. The second-order valence-corrected chi connectivity index (χ2v) is 7.29. The number of benzene rings is 1. The molecular formula is C14H18N2O4S. The molecule has 1 saturated carbocycles. The maximum Gasteiger partial charge on any atom is 0.326 e. The van der Waals surface area contributed by atoms with Crippen molar-refractivity contribution in [2.45, 2.75) is 42.7 Å². The number of anilines is 1. The molecule has 3 rings (SSSR count). The van der Waals surface area contributed by atoms with Crippen LogP contribution in [0.25, 0.3) is 0 Å². The van der Waals surface area contributed by atoms with E-state index in [1.165, 1.54) is 12.1 Å². The molecule has 0 aromatic heterocycles. The molecule has 0 radical (unpaired) electrons. The SMILES string of the molecule is O=C(O)C1CCCN1c1ccc(S(=O)(=O)NC2CC2)cc1. The topological polar surface area (TPSA) is 86.7 Å². The Morgan fingerprint density at radius 1 is 1.19 bits per heavy atom. The maximum atomic E-state index is 12.1. The van der Waals surface area contributed by atoms with Crippen LogP contribution in [-0.2, 0) is 14.8 Å². The van der Waals surface area contributed by atoms with Crippen LogP contribution in [0, 0.1) is 0 Å². The molecule has 114 valence electrons. The lowest BCUT2D eigenvalue weighted by atomic mass is 10.2. The highest BCUT2D eigenvalue weighted by Crippen LogP contribution is 2.27. The highest BCUT2D eigenvalue weighted by atomic mass is 32.2. The number of aliphatic carboxylic acids is 1. The third kappa shape index (κ3) is 3.03. The highest BCUT2D eigenvalue weighted by Gasteiger charge is 2.31. The summed E-state index contributed by atoms with van der Waals surface area (Å²) in [6, 6.07) is 6.00. The fraction of sp³-hybridized carbons (Fsp3) is 0.500. The first-order chi connectivity index (χ1) is 9.97. The third-order valence-electron chi connectivity index (χ3n) is 3.92. The number of sulfonamides is 1. The van der Waals surface area contributed by atoms with Gasteiger partial charge in [-0.3, -0.25) is 0 Å². The standard InChI is InChI=1S/C14H18N2O4S/c17-14(18)13-2-1-9-16(13)11-5-7-12(8-6-11)21(19,20)15-10-3-4-10/h5-8,10,13,15H,1-4,9H2,(H,17,18). The van der Waals surface area contributed by atoms with E-state index in [0.29, 0.717) is 13.0 Å². The average molecular weight is 310 g/mol. The smallest absolute Gasteiger partial charge is 0.326 e. The zero-order chi connectivity index (χ0) is 15.0. The van der Waals surface area contributed by atoms with E-state index in [1.54, 1.807) is 12.1 Å². The second kappa shape index (κ2) is 5.31. The Morgan fingerprint density at radius 3 is 2.43 bits per heavy atom. The van der Waals surface area contributed by atoms with Crippen molar-refractivity contribution in [1.82, 2.24) is 4.72 Å². The number of hydrogen-bond donors (Lipinski definition) is 2. The molecule has 0 amide bonds. The van der Waals surface area contributed by atoms with Crippen LogP contribution >= 0.6 is 0 Å². The predicted molar refractivity (Wildman–Crippen MR) is 77.8 cm³/mol. The lowest BCUT2D eigenvalue weighted by molar-refractivity contribution is -0.138. The highest BCUT2D eigenvalue weighted by molar-refractivity contribution is 7.89. The molecule has 2 aliphatic rings. The minimum atomic E-state index is -3.45. The van der Waals surface area contributed by atoms with E-state index in [0.717, 1.165) is 24.9 Å². The minimum Gasteiger partial charge on any atom is -0.480 e. The van der Waals surface area contributed by atoms with E-state index < -0.39 is 22.0 Å². The van der Waals surface area contributed by atoms with Gasteiger partial charge in [0.1, 0.15) is 6.04 Å². The molecule has 1 unspecified atom stereocenters. The van der Waals surface area contributed by atoms with Gasteiger partial charge < -0.3 is 10.0 Å². The molecule has 21 heavy (non-hydrogen) atoms. The zero-order valence-corrected chi connectivity index (χ0v) is 12.3. The van der Waals surface area contributed by atoms with Crippen LogP contribution in [0.3, 0.4) is 0 Å². The van der Waals surface area contributed by atoms with Crippen LogP contribution in [-0.4, -0.2) is 38.1 Å². The molecule has 1 atom stereocenters. The van der Waals surface area contributed by atoms with Gasteiger partial charge in [-0.05, 0) is 49.9 Å². The molecule has 1 aliphatic carbocycles. The number of carbonyl (C=O) groups is 1. The molecule has 1 heterocycles. The van der Waals surface area contributed by atoms with Gasteiger partial charge in [-0.15, -0.1) is 0 Å². The first-order valence-electron chi connectivity index (χ1n) is 7.09. The maximum absolute atomic E-state index is 12.1. The van der Waals surface area contributed by atoms with Crippen LogP contribution in [0.2, 0.25) is 0 Å². The molecule has 7 heteroatoms. The van der Waals surface area contributed by atoms with E-state index in [1.807, 2.05) is 4.90 Å². The summed E-state index contributed by atoms with van der Waals surface area (Å²) >= 11 is 0. The summed E-state index contributed by atoms with van der Waals surface area (Å²) in [7, 11) is -3.45. The van der Waals surface area contributed by atoms with Crippen molar-refractivity contribution in [3.05, 3.63) is 24.3 Å². The molecule has 6 nitrogen and oxygen atoms in total. The molecule has 0 bridgehead atoms. The van der Waals surface area contributed by atoms with Gasteiger partial charge in [-0.25, -0.2) is 17.9 Å². The summed E-state index contributed by atoms with van der Waals surface area (Å²) in [5, 5.41) is 9.19. The molecule has 1 aliphatic heterocycles. The predicted octanol–water partition coefficient (Wildman–Crippen LogP) is 1.18. The minimum absolute atomic E-state index is 0.0737. The lowest BCUT2D eigenvalue weighted by Crippen LogP contribution is -2.35. The quantitative estimate of drug-likeness (QED) is 0.853. The molecule has 0 spiro atoms. The van der Waals surface area contributed by atoms with Crippen molar-refractivity contribution in [3.8, 4) is 0 Å². The van der Waals surface area contributed by atoms with Crippen LogP contribution in [0.5, 0.6) is 0 Å². The van der Waals surface area contributed by atoms with E-state index in [-0.39, 0.29) is 10.9 Å². The molecule has 2 fully saturated rings. The lowest BCUT2D eigenvalue weighted by Gasteiger charge is -2.23. The summed E-state index contributed by atoms with van der Waals surface area (Å²) in [6.07, 6.45) is 3.25. The van der Waals surface area contributed by atoms with Gasteiger partial charge in [0.15, 0.2) is 0 Å². The summed E-state index contributed by atoms with van der Waals surface area (Å²) < 4.78 is 26.8. The van der Waals surface area contributed by atoms with Crippen molar-refractivity contribution in [3.63, 3.8) is 0 Å². The summed E-state index contributed by atoms with van der Waals surface area (Å²) in [5.41, 5.74) is 0.755. The molecule has 1 aromatic carbocycles. The van der Waals surface area contributed by atoms with Crippen LogP contribution in [0.1, 0.15) is 25.7 Å². The Bertz CT molecular complexity index is 637. The summed E-state index contributed by atoms with van der Waals surface area (Å²) in [5.74, 6) is -0.834. The van der Waals surface area contributed by atoms with Crippen LogP contribution in [0.4, 0.5) is 5.69 Å². The normalized spacial score (nSPS) is 22.5. The molecule has 2 N–H and O–H groups in total. The summed E-state index contributed by atoms with van der Waals surface area (Å²) in [4.78, 5) is 13.2. The molecule has 1 saturated heterocycles. The van der Waals surface area contributed by atoms with E-state index in [2.05, 4.69) is 4.72 Å². The van der Waals surface area contributed by atoms with Crippen molar-refractivity contribution >= 4 is 21.7 Å². The van der Waals surface area contributed by atoms with Crippen molar-refractivity contribution in [1.29, 1.82) is 0 Å². The molecule has 1 aromatic rings. The van der Waals surface area contributed by atoms with Crippen molar-refractivity contribution in [2.75, 3.05) is 11.4 Å². The van der Waals surface area contributed by atoms with Gasteiger partial charge in [0.2, 0.25) is 10.0 Å². The van der Waals surface area contributed by atoms with E-state index in [9.17, 15) is 18.3 Å². The van der Waals surface area contributed by atoms with Crippen LogP contribution < -0.4 is 9.62 Å². The van der Waals surface area contributed by atoms with Gasteiger partial charge in [0.25, 0.3) is 0 Å². The van der Waals surface area contributed by atoms with Gasteiger partial charge in [-0.1, -0.05) is 0 Å². The zero-order valence-electron chi connectivity index (χ0n) is 11.5.